The number of nitrogens with zero attached hydrogens (tertiary/aromatic N) is 3. The van der Waals surface area contributed by atoms with Gasteiger partial charge in [0.15, 0.2) is 0 Å². The van der Waals surface area contributed by atoms with Crippen LogP contribution in [-0.2, 0) is 4.74 Å². The Morgan fingerprint density at radius 2 is 1.96 bits per heavy atom. The van der Waals surface area contributed by atoms with Gasteiger partial charge in [-0.05, 0) is 64.0 Å². The van der Waals surface area contributed by atoms with Crippen molar-refractivity contribution in [3.8, 4) is 6.07 Å². The molecule has 2 aliphatic heterocycles. The first-order chi connectivity index (χ1) is 11.5. The van der Waals surface area contributed by atoms with Crippen molar-refractivity contribution in [1.82, 2.24) is 9.80 Å². The van der Waals surface area contributed by atoms with Crippen LogP contribution in [-0.4, -0.2) is 61.1 Å². The van der Waals surface area contributed by atoms with Crippen LogP contribution in [0.15, 0.2) is 24.3 Å². The van der Waals surface area contributed by atoms with Gasteiger partial charge in [-0.15, -0.1) is 0 Å². The van der Waals surface area contributed by atoms with Gasteiger partial charge in [-0.3, -0.25) is 4.79 Å². The summed E-state index contributed by atoms with van der Waals surface area (Å²) in [5.74, 6) is 0.0503. The Kier molecular flexibility index (Phi) is 4.88. The van der Waals surface area contributed by atoms with Gasteiger partial charge >= 0.3 is 0 Å². The number of hydrogen-bond donors (Lipinski definition) is 0. The fourth-order valence-electron chi connectivity index (χ4n) is 3.78. The molecule has 0 N–H and O–H groups in total. The van der Waals surface area contributed by atoms with Gasteiger partial charge in [0.2, 0.25) is 0 Å². The van der Waals surface area contributed by atoms with Gasteiger partial charge in [0.05, 0.1) is 17.2 Å². The predicted octanol–water partition coefficient (Wildman–Crippen LogP) is 2.27. The molecule has 0 radical (unpaired) electrons. The fourth-order valence-corrected chi connectivity index (χ4v) is 3.78. The molecule has 0 unspecified atom stereocenters. The lowest BCUT2D eigenvalue weighted by atomic mass is 9.82. The average molecular weight is 327 g/mol. The van der Waals surface area contributed by atoms with Gasteiger partial charge in [0, 0.05) is 31.3 Å². The molecule has 0 bridgehead atoms. The van der Waals surface area contributed by atoms with Gasteiger partial charge in [-0.25, -0.2) is 0 Å². The number of benzene rings is 1. The van der Waals surface area contributed by atoms with Crippen molar-refractivity contribution < 1.29 is 9.53 Å². The highest BCUT2D eigenvalue weighted by molar-refractivity contribution is 5.94. The zero-order valence-corrected chi connectivity index (χ0v) is 14.5. The molecule has 24 heavy (non-hydrogen) atoms. The van der Waals surface area contributed by atoms with Gasteiger partial charge in [-0.2, -0.15) is 5.26 Å². The molecule has 128 valence electrons. The molecule has 2 aliphatic rings. The minimum atomic E-state index is -0.0609. The normalized spacial score (nSPS) is 23.2. The number of amides is 1. The van der Waals surface area contributed by atoms with Crippen LogP contribution in [0.3, 0.4) is 0 Å². The highest BCUT2D eigenvalue weighted by Crippen LogP contribution is 2.36. The van der Waals surface area contributed by atoms with Crippen molar-refractivity contribution in [2.24, 2.45) is 0 Å². The first-order valence-electron chi connectivity index (χ1n) is 8.63. The minimum Gasteiger partial charge on any atom is -0.375 e. The lowest BCUT2D eigenvalue weighted by Crippen LogP contribution is -2.53. The summed E-state index contributed by atoms with van der Waals surface area (Å²) in [6, 6.07) is 9.53. The maximum atomic E-state index is 12.6. The Bertz CT molecular complexity index is 625. The largest absolute Gasteiger partial charge is 0.375 e. The van der Waals surface area contributed by atoms with Crippen LogP contribution in [0.5, 0.6) is 0 Å². The Hall–Kier alpha value is -1.90. The third-order valence-corrected chi connectivity index (χ3v) is 5.42. The van der Waals surface area contributed by atoms with Crippen molar-refractivity contribution in [1.29, 1.82) is 5.26 Å². The molecule has 1 aromatic rings. The van der Waals surface area contributed by atoms with E-state index < -0.39 is 0 Å². The van der Waals surface area contributed by atoms with E-state index in [4.69, 9.17) is 10.00 Å². The van der Waals surface area contributed by atoms with Crippen molar-refractivity contribution in [3.05, 3.63) is 35.4 Å². The van der Waals surface area contributed by atoms with Crippen molar-refractivity contribution in [3.63, 3.8) is 0 Å². The summed E-state index contributed by atoms with van der Waals surface area (Å²) in [5, 5.41) is 8.85. The van der Waals surface area contributed by atoms with E-state index in [1.165, 1.54) is 0 Å². The molecule has 0 aromatic heterocycles. The summed E-state index contributed by atoms with van der Waals surface area (Å²) in [6.45, 7) is 2.28. The number of carbonyl (C=O) groups is 1. The fraction of sp³-hybridized carbons (Fsp3) is 0.579. The van der Waals surface area contributed by atoms with Crippen LogP contribution in [0, 0.1) is 11.3 Å². The summed E-state index contributed by atoms with van der Waals surface area (Å²) in [4.78, 5) is 16.8. The lowest BCUT2D eigenvalue weighted by molar-refractivity contribution is -0.125. The van der Waals surface area contributed by atoms with Crippen molar-refractivity contribution in [2.75, 3.05) is 33.8 Å². The molecule has 0 saturated carbocycles. The standard InChI is InChI=1S/C19H25N3O2/c1-21(2)17-7-12-24-19(13-17)8-10-22(11-9-19)18(23)16-5-3-15(14-20)4-6-16/h3-6,17H,7-13H2,1-2H3/t17-/m1/s1. The lowest BCUT2D eigenvalue weighted by Gasteiger charge is -2.47. The van der Waals surface area contributed by atoms with Crippen LogP contribution >= 0.6 is 0 Å². The molecule has 5 heteroatoms. The highest BCUT2D eigenvalue weighted by Gasteiger charge is 2.41. The Labute approximate surface area is 143 Å². The van der Waals surface area contributed by atoms with Crippen LogP contribution < -0.4 is 0 Å². The van der Waals surface area contributed by atoms with Gasteiger partial charge < -0.3 is 14.5 Å². The molecule has 2 saturated heterocycles. The van der Waals surface area contributed by atoms with Crippen molar-refractivity contribution >= 4 is 5.91 Å². The smallest absolute Gasteiger partial charge is 0.253 e. The molecule has 1 amide bonds. The first-order valence-corrected chi connectivity index (χ1v) is 8.63. The molecule has 1 spiro atoms. The summed E-state index contributed by atoms with van der Waals surface area (Å²) in [7, 11) is 4.26. The second-order valence-corrected chi connectivity index (χ2v) is 7.12. The van der Waals surface area contributed by atoms with E-state index >= 15 is 0 Å². The van der Waals surface area contributed by atoms with Crippen LogP contribution in [0.4, 0.5) is 0 Å². The first kappa shape index (κ1) is 16.9. The highest BCUT2D eigenvalue weighted by atomic mass is 16.5. The van der Waals surface area contributed by atoms with E-state index in [9.17, 15) is 4.79 Å². The summed E-state index contributed by atoms with van der Waals surface area (Å²) >= 11 is 0. The molecular weight excluding hydrogens is 302 g/mol. The molecule has 1 aromatic carbocycles. The van der Waals surface area contributed by atoms with Crippen LogP contribution in [0.1, 0.15) is 41.6 Å². The summed E-state index contributed by atoms with van der Waals surface area (Å²) in [5.41, 5.74) is 1.17. The zero-order valence-electron chi connectivity index (χ0n) is 14.5. The van der Waals surface area contributed by atoms with Gasteiger partial charge in [0.25, 0.3) is 5.91 Å². The second kappa shape index (κ2) is 6.92. The number of carbonyl (C=O) groups excluding carboxylic acids is 1. The maximum Gasteiger partial charge on any atom is 0.253 e. The molecule has 2 fully saturated rings. The Morgan fingerprint density at radius 1 is 1.29 bits per heavy atom. The predicted molar refractivity (Wildman–Crippen MR) is 91.7 cm³/mol. The number of piperidine rings is 1. The second-order valence-electron chi connectivity index (χ2n) is 7.12. The molecule has 2 heterocycles. The molecule has 3 rings (SSSR count). The summed E-state index contributed by atoms with van der Waals surface area (Å²) in [6.07, 6.45) is 3.94. The van der Waals surface area contributed by atoms with Crippen LogP contribution in [0.25, 0.3) is 0 Å². The SMILES string of the molecule is CN(C)[C@@H]1CCOC2(CCN(C(=O)c3ccc(C#N)cc3)CC2)C1. The van der Waals surface area contributed by atoms with E-state index in [0.717, 1.165) is 45.4 Å². The van der Waals surface area contributed by atoms with E-state index in [0.29, 0.717) is 17.2 Å². The third-order valence-electron chi connectivity index (χ3n) is 5.42. The number of likely N-dealkylation sites (tertiary alicyclic amines) is 1. The molecular formula is C19H25N3O2. The van der Waals surface area contributed by atoms with Gasteiger partial charge in [0.1, 0.15) is 0 Å². The topological polar surface area (TPSA) is 56.6 Å². The number of hydrogen-bond acceptors (Lipinski definition) is 4. The Balaban J connectivity index is 1.62. The Morgan fingerprint density at radius 3 is 2.54 bits per heavy atom. The zero-order chi connectivity index (χ0) is 17.2. The van der Waals surface area contributed by atoms with Gasteiger partial charge in [-0.1, -0.05) is 0 Å². The minimum absolute atomic E-state index is 0.0503. The number of nitriles is 1. The monoisotopic (exact) mass is 327 g/mol. The van der Waals surface area contributed by atoms with Crippen molar-refractivity contribution in [2.45, 2.75) is 37.3 Å². The number of ether oxygens (including phenoxy) is 1. The van der Waals surface area contributed by atoms with E-state index in [1.54, 1.807) is 24.3 Å². The summed E-state index contributed by atoms with van der Waals surface area (Å²) < 4.78 is 6.15. The molecule has 5 nitrogen and oxygen atoms in total. The van der Waals surface area contributed by atoms with Crippen LogP contribution in [0.2, 0.25) is 0 Å². The average Bonchev–Trinajstić information content (AvgIpc) is 2.62. The van der Waals surface area contributed by atoms with E-state index in [1.807, 2.05) is 4.90 Å². The van der Waals surface area contributed by atoms with E-state index in [2.05, 4.69) is 25.1 Å². The maximum absolute atomic E-state index is 12.6. The number of rotatable bonds is 2. The van der Waals surface area contributed by atoms with E-state index in [-0.39, 0.29) is 11.5 Å². The quantitative estimate of drug-likeness (QED) is 0.836. The molecule has 0 aliphatic carbocycles. The third kappa shape index (κ3) is 3.45. The molecule has 1 atom stereocenters.